The molecule has 86 valence electrons. The van der Waals surface area contributed by atoms with E-state index in [4.69, 9.17) is 16.3 Å². The van der Waals surface area contributed by atoms with Crippen molar-refractivity contribution >= 4 is 17.3 Å². The second kappa shape index (κ2) is 4.65. The standard InChI is InChI=1S/C10H11ClN2O3/c11-9-5-7(13(14)15)6-10(12-9)16-8-3-1-2-4-8/h5-6,8H,1-4H2. The normalized spacial score (nSPS) is 16.3. The molecule has 1 aliphatic carbocycles. The Kier molecular flexibility index (Phi) is 3.24. The van der Waals surface area contributed by atoms with Crippen LogP contribution in [-0.4, -0.2) is 16.0 Å². The van der Waals surface area contributed by atoms with Gasteiger partial charge in [-0.25, -0.2) is 4.98 Å². The molecule has 0 N–H and O–H groups in total. The molecule has 0 atom stereocenters. The van der Waals surface area contributed by atoms with Crippen LogP contribution in [0.15, 0.2) is 12.1 Å². The van der Waals surface area contributed by atoms with Crippen molar-refractivity contribution in [3.8, 4) is 5.88 Å². The van der Waals surface area contributed by atoms with E-state index in [0.717, 1.165) is 25.7 Å². The molecule has 0 aromatic carbocycles. The van der Waals surface area contributed by atoms with E-state index in [1.807, 2.05) is 0 Å². The first-order chi connectivity index (χ1) is 7.65. The van der Waals surface area contributed by atoms with Gasteiger partial charge in [0.25, 0.3) is 5.69 Å². The van der Waals surface area contributed by atoms with Gasteiger partial charge in [-0.3, -0.25) is 10.1 Å². The van der Waals surface area contributed by atoms with Gasteiger partial charge in [-0.2, -0.15) is 0 Å². The highest BCUT2D eigenvalue weighted by molar-refractivity contribution is 6.29. The largest absolute Gasteiger partial charge is 0.474 e. The Labute approximate surface area is 97.5 Å². The first-order valence-corrected chi connectivity index (χ1v) is 5.51. The van der Waals surface area contributed by atoms with E-state index in [1.54, 1.807) is 0 Å². The summed E-state index contributed by atoms with van der Waals surface area (Å²) in [7, 11) is 0. The highest BCUT2D eigenvalue weighted by atomic mass is 35.5. The number of halogens is 1. The first kappa shape index (κ1) is 11.1. The van der Waals surface area contributed by atoms with E-state index in [9.17, 15) is 10.1 Å². The van der Waals surface area contributed by atoms with Gasteiger partial charge in [0.15, 0.2) is 0 Å². The summed E-state index contributed by atoms with van der Waals surface area (Å²) in [5.74, 6) is 0.242. The molecule has 0 spiro atoms. The molecular weight excluding hydrogens is 232 g/mol. The van der Waals surface area contributed by atoms with Crippen LogP contribution in [0.25, 0.3) is 0 Å². The fourth-order valence-corrected chi connectivity index (χ4v) is 2.00. The Morgan fingerprint density at radius 2 is 2.12 bits per heavy atom. The maximum Gasteiger partial charge on any atom is 0.277 e. The van der Waals surface area contributed by atoms with Crippen molar-refractivity contribution in [3.63, 3.8) is 0 Å². The second-order valence-electron chi connectivity index (χ2n) is 3.77. The molecule has 0 unspecified atom stereocenters. The van der Waals surface area contributed by atoms with Crippen LogP contribution < -0.4 is 4.74 Å². The number of nitrogens with zero attached hydrogens (tertiary/aromatic N) is 2. The van der Waals surface area contributed by atoms with Gasteiger partial charge in [0.05, 0.1) is 17.1 Å². The average molecular weight is 243 g/mol. The van der Waals surface area contributed by atoms with Crippen LogP contribution in [0.4, 0.5) is 5.69 Å². The van der Waals surface area contributed by atoms with Crippen molar-refractivity contribution in [2.45, 2.75) is 31.8 Å². The quantitative estimate of drug-likeness (QED) is 0.464. The first-order valence-electron chi connectivity index (χ1n) is 5.14. The van der Waals surface area contributed by atoms with E-state index in [-0.39, 0.29) is 22.8 Å². The van der Waals surface area contributed by atoms with Gasteiger partial charge in [-0.1, -0.05) is 11.6 Å². The molecule has 0 radical (unpaired) electrons. The molecule has 2 rings (SSSR count). The average Bonchev–Trinajstić information content (AvgIpc) is 2.69. The predicted octanol–water partition coefficient (Wildman–Crippen LogP) is 2.96. The summed E-state index contributed by atoms with van der Waals surface area (Å²) >= 11 is 5.68. The Morgan fingerprint density at radius 3 is 2.75 bits per heavy atom. The van der Waals surface area contributed by atoms with E-state index in [1.165, 1.54) is 12.1 Å². The highest BCUT2D eigenvalue weighted by Gasteiger charge is 2.19. The number of pyridine rings is 1. The Bertz CT molecular complexity index is 405. The monoisotopic (exact) mass is 242 g/mol. The number of rotatable bonds is 3. The molecule has 16 heavy (non-hydrogen) atoms. The Balaban J connectivity index is 2.16. The molecule has 1 aromatic rings. The molecule has 0 aliphatic heterocycles. The SMILES string of the molecule is O=[N+]([O-])c1cc(Cl)nc(OC2CCCC2)c1. The van der Waals surface area contributed by atoms with Gasteiger partial charge in [0.2, 0.25) is 5.88 Å². The zero-order chi connectivity index (χ0) is 11.5. The third-order valence-corrected chi connectivity index (χ3v) is 2.75. The van der Waals surface area contributed by atoms with Crippen molar-refractivity contribution in [1.82, 2.24) is 4.98 Å². The van der Waals surface area contributed by atoms with Gasteiger partial charge in [-0.15, -0.1) is 0 Å². The number of hydrogen-bond donors (Lipinski definition) is 0. The zero-order valence-corrected chi connectivity index (χ0v) is 9.31. The van der Waals surface area contributed by atoms with Crippen molar-refractivity contribution in [1.29, 1.82) is 0 Å². The molecule has 1 saturated carbocycles. The summed E-state index contributed by atoms with van der Waals surface area (Å²) in [6, 6.07) is 2.52. The number of nitro groups is 1. The van der Waals surface area contributed by atoms with Gasteiger partial charge < -0.3 is 4.74 Å². The summed E-state index contributed by atoms with van der Waals surface area (Å²) < 4.78 is 5.55. The fraction of sp³-hybridized carbons (Fsp3) is 0.500. The topological polar surface area (TPSA) is 65.3 Å². The summed E-state index contributed by atoms with van der Waals surface area (Å²) in [6.45, 7) is 0. The molecule has 0 amide bonds. The highest BCUT2D eigenvalue weighted by Crippen LogP contribution is 2.26. The smallest absolute Gasteiger partial charge is 0.277 e. The van der Waals surface area contributed by atoms with Crippen LogP contribution in [0.3, 0.4) is 0 Å². The lowest BCUT2D eigenvalue weighted by Crippen LogP contribution is -2.12. The molecule has 0 saturated heterocycles. The fourth-order valence-electron chi connectivity index (χ4n) is 1.80. The van der Waals surface area contributed by atoms with Crippen LogP contribution in [0.1, 0.15) is 25.7 Å². The van der Waals surface area contributed by atoms with Crippen LogP contribution in [0, 0.1) is 10.1 Å². The summed E-state index contributed by atoms with van der Waals surface area (Å²) in [5.41, 5.74) is -0.0898. The Hall–Kier alpha value is -1.36. The maximum absolute atomic E-state index is 10.6. The van der Waals surface area contributed by atoms with Crippen molar-refractivity contribution < 1.29 is 9.66 Å². The molecule has 6 heteroatoms. The van der Waals surface area contributed by atoms with Gasteiger partial charge in [-0.05, 0) is 25.7 Å². The minimum Gasteiger partial charge on any atom is -0.474 e. The van der Waals surface area contributed by atoms with E-state index in [0.29, 0.717) is 0 Å². The number of ether oxygens (including phenoxy) is 1. The van der Waals surface area contributed by atoms with Crippen LogP contribution >= 0.6 is 11.6 Å². The van der Waals surface area contributed by atoms with E-state index >= 15 is 0 Å². The third-order valence-electron chi connectivity index (χ3n) is 2.56. The van der Waals surface area contributed by atoms with Gasteiger partial charge in [0, 0.05) is 0 Å². The number of hydrogen-bond acceptors (Lipinski definition) is 4. The molecule has 1 aliphatic rings. The molecule has 0 bridgehead atoms. The third kappa shape index (κ3) is 2.61. The van der Waals surface area contributed by atoms with Gasteiger partial charge in [0.1, 0.15) is 11.3 Å². The Morgan fingerprint density at radius 1 is 1.44 bits per heavy atom. The van der Waals surface area contributed by atoms with Crippen molar-refractivity contribution in [3.05, 3.63) is 27.4 Å². The zero-order valence-electron chi connectivity index (χ0n) is 8.56. The lowest BCUT2D eigenvalue weighted by atomic mass is 10.3. The summed E-state index contributed by atoms with van der Waals surface area (Å²) in [5, 5.41) is 10.7. The second-order valence-corrected chi connectivity index (χ2v) is 4.15. The lowest BCUT2D eigenvalue weighted by Gasteiger charge is -2.11. The number of aromatic nitrogens is 1. The summed E-state index contributed by atoms with van der Waals surface area (Å²) in [6.07, 6.45) is 4.33. The molecule has 1 heterocycles. The predicted molar refractivity (Wildman–Crippen MR) is 58.8 cm³/mol. The minimum absolute atomic E-state index is 0.0854. The van der Waals surface area contributed by atoms with E-state index < -0.39 is 4.92 Å². The van der Waals surface area contributed by atoms with Crippen LogP contribution in [0.5, 0.6) is 5.88 Å². The van der Waals surface area contributed by atoms with Crippen molar-refractivity contribution in [2.75, 3.05) is 0 Å². The molecular formula is C10H11ClN2O3. The lowest BCUT2D eigenvalue weighted by molar-refractivity contribution is -0.385. The van der Waals surface area contributed by atoms with Crippen LogP contribution in [0.2, 0.25) is 5.15 Å². The molecule has 1 aromatic heterocycles. The minimum atomic E-state index is -0.505. The van der Waals surface area contributed by atoms with Crippen molar-refractivity contribution in [2.24, 2.45) is 0 Å². The molecule has 1 fully saturated rings. The van der Waals surface area contributed by atoms with Crippen LogP contribution in [-0.2, 0) is 0 Å². The van der Waals surface area contributed by atoms with Gasteiger partial charge >= 0.3 is 0 Å². The summed E-state index contributed by atoms with van der Waals surface area (Å²) in [4.78, 5) is 14.0. The molecule has 5 nitrogen and oxygen atoms in total. The van der Waals surface area contributed by atoms with E-state index in [2.05, 4.69) is 4.98 Å². The maximum atomic E-state index is 10.6.